The fourth-order valence-corrected chi connectivity index (χ4v) is 2.11. The Morgan fingerprint density at radius 2 is 2.06 bits per heavy atom. The maximum atomic E-state index is 11.9. The van der Waals surface area contributed by atoms with Gasteiger partial charge in [0.05, 0.1) is 11.3 Å². The number of benzene rings is 1. The number of amides is 1. The summed E-state index contributed by atoms with van der Waals surface area (Å²) in [5.41, 5.74) is 1.31. The van der Waals surface area contributed by atoms with Gasteiger partial charge in [-0.3, -0.25) is 4.79 Å². The third-order valence-corrected chi connectivity index (χ3v) is 3.19. The molecule has 0 radical (unpaired) electrons. The Hall–Kier alpha value is -1.58. The Morgan fingerprint density at radius 3 is 2.67 bits per heavy atom. The first kappa shape index (κ1) is 12.9. The zero-order valence-corrected chi connectivity index (χ0v) is 12.2. The average molecular weight is 369 g/mol. The third-order valence-electron chi connectivity index (χ3n) is 2.24. The van der Waals surface area contributed by atoms with Crippen molar-refractivity contribution in [2.24, 2.45) is 0 Å². The second-order valence-electron chi connectivity index (χ2n) is 3.49. The fourth-order valence-electron chi connectivity index (χ4n) is 1.41. The lowest BCUT2D eigenvalue weighted by Crippen LogP contribution is -2.13. The largest absolute Gasteiger partial charge is 0.356 e. The standard InChI is InChI=1S/C12H7Br2N3O/c13-8-2-1-7(5-15)10(3-8)17-12(18)11-4-9(14)6-16-11/h1-4,6,16H,(H,17,18). The molecule has 0 atom stereocenters. The molecule has 4 nitrogen and oxygen atoms in total. The van der Waals surface area contributed by atoms with E-state index in [2.05, 4.69) is 42.2 Å². The van der Waals surface area contributed by atoms with Crippen LogP contribution in [0.15, 0.2) is 39.4 Å². The van der Waals surface area contributed by atoms with Gasteiger partial charge in [0, 0.05) is 15.1 Å². The van der Waals surface area contributed by atoms with E-state index in [1.54, 1.807) is 30.5 Å². The van der Waals surface area contributed by atoms with Gasteiger partial charge in [-0.15, -0.1) is 0 Å². The smallest absolute Gasteiger partial charge is 0.272 e. The second kappa shape index (κ2) is 5.38. The van der Waals surface area contributed by atoms with Crippen LogP contribution in [0.25, 0.3) is 0 Å². The van der Waals surface area contributed by atoms with Crippen LogP contribution in [0, 0.1) is 11.3 Å². The zero-order valence-electron chi connectivity index (χ0n) is 9.00. The molecule has 1 heterocycles. The Bertz CT molecular complexity index is 643. The summed E-state index contributed by atoms with van der Waals surface area (Å²) >= 11 is 6.55. The minimum atomic E-state index is -0.296. The van der Waals surface area contributed by atoms with E-state index in [1.807, 2.05) is 6.07 Å². The van der Waals surface area contributed by atoms with E-state index in [-0.39, 0.29) is 5.91 Å². The summed E-state index contributed by atoms with van der Waals surface area (Å²) in [5, 5.41) is 11.7. The Morgan fingerprint density at radius 1 is 1.28 bits per heavy atom. The molecule has 2 N–H and O–H groups in total. The van der Waals surface area contributed by atoms with E-state index < -0.39 is 0 Å². The summed E-state index contributed by atoms with van der Waals surface area (Å²) < 4.78 is 1.59. The highest BCUT2D eigenvalue weighted by atomic mass is 79.9. The van der Waals surface area contributed by atoms with Crippen LogP contribution in [-0.2, 0) is 0 Å². The van der Waals surface area contributed by atoms with Crippen molar-refractivity contribution < 1.29 is 4.79 Å². The molecule has 2 aromatic rings. The van der Waals surface area contributed by atoms with Gasteiger partial charge in [0.2, 0.25) is 0 Å². The molecule has 90 valence electrons. The zero-order chi connectivity index (χ0) is 13.1. The van der Waals surface area contributed by atoms with E-state index in [9.17, 15) is 4.79 Å². The van der Waals surface area contributed by atoms with Crippen LogP contribution < -0.4 is 5.32 Å². The Kier molecular flexibility index (Phi) is 3.84. The van der Waals surface area contributed by atoms with E-state index in [4.69, 9.17) is 5.26 Å². The van der Waals surface area contributed by atoms with Gasteiger partial charge in [-0.05, 0) is 40.2 Å². The number of halogens is 2. The second-order valence-corrected chi connectivity index (χ2v) is 5.32. The average Bonchev–Trinajstić information content (AvgIpc) is 2.76. The number of nitrogens with zero attached hydrogens (tertiary/aromatic N) is 1. The third kappa shape index (κ3) is 2.81. The minimum absolute atomic E-state index is 0.296. The predicted molar refractivity (Wildman–Crippen MR) is 75.3 cm³/mol. The summed E-state index contributed by atoms with van der Waals surface area (Å²) in [4.78, 5) is 14.7. The molecule has 6 heteroatoms. The molecule has 0 bridgehead atoms. The lowest BCUT2D eigenvalue weighted by Gasteiger charge is -2.06. The van der Waals surface area contributed by atoms with Crippen LogP contribution in [0.4, 0.5) is 5.69 Å². The summed E-state index contributed by atoms with van der Waals surface area (Å²) in [6, 6.07) is 8.78. The number of carbonyl (C=O) groups is 1. The molecule has 0 fully saturated rings. The number of nitrogens with one attached hydrogen (secondary N) is 2. The highest BCUT2D eigenvalue weighted by Gasteiger charge is 2.11. The highest BCUT2D eigenvalue weighted by molar-refractivity contribution is 9.10. The maximum Gasteiger partial charge on any atom is 0.272 e. The summed E-state index contributed by atoms with van der Waals surface area (Å²) in [6.45, 7) is 0. The number of nitriles is 1. The highest BCUT2D eigenvalue weighted by Crippen LogP contribution is 2.21. The van der Waals surface area contributed by atoms with Crippen LogP contribution in [0.2, 0.25) is 0 Å². The summed E-state index contributed by atoms with van der Waals surface area (Å²) in [6.07, 6.45) is 1.67. The van der Waals surface area contributed by atoms with Crippen molar-refractivity contribution in [1.82, 2.24) is 4.98 Å². The first-order chi connectivity index (χ1) is 8.60. The Balaban J connectivity index is 2.27. The van der Waals surface area contributed by atoms with Crippen molar-refractivity contribution in [2.45, 2.75) is 0 Å². The first-order valence-electron chi connectivity index (χ1n) is 4.95. The van der Waals surface area contributed by atoms with Gasteiger partial charge in [0.15, 0.2) is 0 Å². The van der Waals surface area contributed by atoms with Gasteiger partial charge < -0.3 is 10.3 Å². The molecule has 0 aliphatic heterocycles. The number of carbonyl (C=O) groups excluding carboxylic acids is 1. The maximum absolute atomic E-state index is 11.9. The normalized spacial score (nSPS) is 9.83. The number of hydrogen-bond donors (Lipinski definition) is 2. The van der Waals surface area contributed by atoms with Gasteiger partial charge in [-0.25, -0.2) is 0 Å². The minimum Gasteiger partial charge on any atom is -0.356 e. The molecule has 0 saturated carbocycles. The molecule has 0 aliphatic carbocycles. The molecular formula is C12H7Br2N3O. The van der Waals surface area contributed by atoms with Crippen LogP contribution in [0.5, 0.6) is 0 Å². The number of aromatic nitrogens is 1. The number of H-pyrrole nitrogens is 1. The monoisotopic (exact) mass is 367 g/mol. The van der Waals surface area contributed by atoms with Gasteiger partial charge in [0.25, 0.3) is 5.91 Å². The number of aromatic amines is 1. The molecule has 0 spiro atoms. The van der Waals surface area contributed by atoms with Crippen LogP contribution in [-0.4, -0.2) is 10.9 Å². The van der Waals surface area contributed by atoms with Gasteiger partial charge in [-0.1, -0.05) is 15.9 Å². The lowest BCUT2D eigenvalue weighted by atomic mass is 10.2. The van der Waals surface area contributed by atoms with Crippen LogP contribution >= 0.6 is 31.9 Å². The summed E-state index contributed by atoms with van der Waals surface area (Å²) in [5.74, 6) is -0.296. The molecular weight excluding hydrogens is 362 g/mol. The van der Waals surface area contributed by atoms with E-state index in [0.717, 1.165) is 8.95 Å². The number of anilines is 1. The summed E-state index contributed by atoms with van der Waals surface area (Å²) in [7, 11) is 0. The quantitative estimate of drug-likeness (QED) is 0.849. The topological polar surface area (TPSA) is 68.7 Å². The molecule has 0 aliphatic rings. The van der Waals surface area contributed by atoms with E-state index in [0.29, 0.717) is 16.9 Å². The molecule has 18 heavy (non-hydrogen) atoms. The van der Waals surface area contributed by atoms with Crippen molar-refractivity contribution in [2.75, 3.05) is 5.32 Å². The van der Waals surface area contributed by atoms with Gasteiger partial charge >= 0.3 is 0 Å². The van der Waals surface area contributed by atoms with E-state index in [1.165, 1.54) is 0 Å². The fraction of sp³-hybridized carbons (Fsp3) is 0. The van der Waals surface area contributed by atoms with Gasteiger partial charge in [0.1, 0.15) is 11.8 Å². The van der Waals surface area contributed by atoms with Crippen LogP contribution in [0.3, 0.4) is 0 Å². The Labute approximate surface area is 120 Å². The van der Waals surface area contributed by atoms with Crippen LogP contribution in [0.1, 0.15) is 16.1 Å². The van der Waals surface area contributed by atoms with Crippen molar-refractivity contribution in [1.29, 1.82) is 5.26 Å². The van der Waals surface area contributed by atoms with Crippen molar-refractivity contribution in [3.63, 3.8) is 0 Å². The SMILES string of the molecule is N#Cc1ccc(Br)cc1NC(=O)c1cc(Br)c[nH]1. The molecule has 0 unspecified atom stereocenters. The lowest BCUT2D eigenvalue weighted by molar-refractivity contribution is 0.102. The number of rotatable bonds is 2. The molecule has 1 amide bonds. The van der Waals surface area contributed by atoms with Crippen molar-refractivity contribution >= 4 is 43.5 Å². The molecule has 2 rings (SSSR count). The predicted octanol–water partition coefficient (Wildman–Crippen LogP) is 3.66. The number of hydrogen-bond acceptors (Lipinski definition) is 2. The van der Waals surface area contributed by atoms with Crippen molar-refractivity contribution in [3.05, 3.63) is 50.7 Å². The first-order valence-corrected chi connectivity index (χ1v) is 6.53. The molecule has 1 aromatic heterocycles. The van der Waals surface area contributed by atoms with E-state index >= 15 is 0 Å². The molecule has 0 saturated heterocycles. The van der Waals surface area contributed by atoms with Gasteiger partial charge in [-0.2, -0.15) is 5.26 Å². The van der Waals surface area contributed by atoms with Crippen molar-refractivity contribution in [3.8, 4) is 6.07 Å². The molecule has 1 aromatic carbocycles.